The van der Waals surface area contributed by atoms with Gasteiger partial charge in [0, 0.05) is 30.1 Å². The smallest absolute Gasteiger partial charge is 0.270 e. The number of carbonyl (C=O) groups excluding carboxylic acids is 2. The molecule has 0 radical (unpaired) electrons. The minimum absolute atomic E-state index is 0.0563. The number of hydrogen-bond acceptors (Lipinski definition) is 6. The number of amides is 2. The molecular weight excluding hydrogens is 386 g/mol. The molecule has 1 saturated heterocycles. The number of hydrogen-bond donors (Lipinski definition) is 2. The van der Waals surface area contributed by atoms with Gasteiger partial charge >= 0.3 is 0 Å². The number of rotatable bonds is 6. The average molecular weight is 407 g/mol. The highest BCUT2D eigenvalue weighted by atomic mass is 32.1. The van der Waals surface area contributed by atoms with Crippen LogP contribution in [0.1, 0.15) is 39.3 Å². The molecule has 0 spiro atoms. The van der Waals surface area contributed by atoms with Gasteiger partial charge in [-0.1, -0.05) is 23.5 Å². The number of aromatic nitrogens is 2. The van der Waals surface area contributed by atoms with E-state index in [1.54, 1.807) is 36.7 Å². The lowest BCUT2D eigenvalue weighted by Crippen LogP contribution is -2.19. The molecule has 148 valence electrons. The van der Waals surface area contributed by atoms with Gasteiger partial charge in [-0.25, -0.2) is 4.98 Å². The van der Waals surface area contributed by atoms with Crippen molar-refractivity contribution >= 4 is 28.2 Å². The first kappa shape index (κ1) is 19.2. The van der Waals surface area contributed by atoms with Crippen LogP contribution >= 0.6 is 11.3 Å². The second-order valence-corrected chi connectivity index (χ2v) is 7.93. The number of likely N-dealkylation sites (tertiary alicyclic amines) is 1. The van der Waals surface area contributed by atoms with Crippen LogP contribution in [0.15, 0.2) is 48.8 Å². The van der Waals surface area contributed by atoms with Gasteiger partial charge in [-0.05, 0) is 55.8 Å². The number of pyridine rings is 1. The SMILES string of the molecule is NC(=O)c1nc(-c2ccncc2)sc1NC(=O)c1ccc(CN2CCCC2)cc1. The van der Waals surface area contributed by atoms with Gasteiger partial charge in [-0.2, -0.15) is 0 Å². The zero-order valence-electron chi connectivity index (χ0n) is 15.8. The number of primary amides is 1. The van der Waals surface area contributed by atoms with Crippen LogP contribution in [0.4, 0.5) is 5.00 Å². The largest absolute Gasteiger partial charge is 0.364 e. The van der Waals surface area contributed by atoms with E-state index in [0.29, 0.717) is 15.6 Å². The number of thiazole rings is 1. The Bertz CT molecular complexity index is 1010. The summed E-state index contributed by atoms with van der Waals surface area (Å²) in [5.41, 5.74) is 8.01. The Hall–Kier alpha value is -3.10. The van der Waals surface area contributed by atoms with Gasteiger partial charge in [0.25, 0.3) is 11.8 Å². The van der Waals surface area contributed by atoms with Gasteiger partial charge in [-0.15, -0.1) is 0 Å². The predicted molar refractivity (Wildman–Crippen MR) is 113 cm³/mol. The van der Waals surface area contributed by atoms with Crippen LogP contribution in [-0.4, -0.2) is 39.8 Å². The van der Waals surface area contributed by atoms with Crippen LogP contribution in [0.2, 0.25) is 0 Å². The number of benzene rings is 1. The lowest BCUT2D eigenvalue weighted by molar-refractivity contribution is 0.0997. The molecule has 0 saturated carbocycles. The lowest BCUT2D eigenvalue weighted by atomic mass is 10.1. The van der Waals surface area contributed by atoms with E-state index < -0.39 is 5.91 Å². The summed E-state index contributed by atoms with van der Waals surface area (Å²) in [6.45, 7) is 3.16. The fourth-order valence-electron chi connectivity index (χ4n) is 3.33. The predicted octanol–water partition coefficient (Wildman–Crippen LogP) is 3.15. The molecular formula is C21H21N5O2S. The van der Waals surface area contributed by atoms with Crippen LogP contribution in [0, 0.1) is 0 Å². The van der Waals surface area contributed by atoms with E-state index in [1.807, 2.05) is 12.1 Å². The molecule has 0 aliphatic carbocycles. The number of anilines is 1. The van der Waals surface area contributed by atoms with Crippen molar-refractivity contribution in [1.82, 2.24) is 14.9 Å². The van der Waals surface area contributed by atoms with Crippen molar-refractivity contribution < 1.29 is 9.59 Å². The van der Waals surface area contributed by atoms with Crippen molar-refractivity contribution in [2.75, 3.05) is 18.4 Å². The van der Waals surface area contributed by atoms with Crippen molar-refractivity contribution in [3.05, 3.63) is 65.6 Å². The molecule has 8 heteroatoms. The quantitative estimate of drug-likeness (QED) is 0.654. The van der Waals surface area contributed by atoms with E-state index in [2.05, 4.69) is 20.2 Å². The summed E-state index contributed by atoms with van der Waals surface area (Å²) in [5.74, 6) is -0.983. The fourth-order valence-corrected chi connectivity index (χ4v) is 4.30. The summed E-state index contributed by atoms with van der Waals surface area (Å²) in [7, 11) is 0. The third kappa shape index (κ3) is 4.49. The summed E-state index contributed by atoms with van der Waals surface area (Å²) in [4.78, 5) is 35.2. The molecule has 0 atom stereocenters. The molecule has 2 amide bonds. The first-order valence-electron chi connectivity index (χ1n) is 9.44. The van der Waals surface area contributed by atoms with Crippen molar-refractivity contribution in [3.8, 4) is 10.6 Å². The number of nitrogens with two attached hydrogens (primary N) is 1. The van der Waals surface area contributed by atoms with Crippen LogP contribution < -0.4 is 11.1 Å². The van der Waals surface area contributed by atoms with Crippen molar-refractivity contribution in [3.63, 3.8) is 0 Å². The topological polar surface area (TPSA) is 101 Å². The third-order valence-electron chi connectivity index (χ3n) is 4.84. The molecule has 0 bridgehead atoms. The highest BCUT2D eigenvalue weighted by Gasteiger charge is 2.19. The standard InChI is InChI=1S/C21H21N5O2S/c22-18(27)17-21(29-20(24-17)16-7-9-23-10-8-16)25-19(28)15-5-3-14(4-6-15)13-26-11-1-2-12-26/h3-10H,1-2,11-13H2,(H2,22,27)(H,25,28). The Morgan fingerprint density at radius 2 is 1.76 bits per heavy atom. The molecule has 3 heterocycles. The van der Waals surface area contributed by atoms with Gasteiger partial charge in [0.2, 0.25) is 0 Å². The van der Waals surface area contributed by atoms with E-state index in [4.69, 9.17) is 5.73 Å². The average Bonchev–Trinajstić information content (AvgIpc) is 3.39. The molecule has 4 rings (SSSR count). The summed E-state index contributed by atoms with van der Waals surface area (Å²) < 4.78 is 0. The normalized spacial score (nSPS) is 14.1. The summed E-state index contributed by atoms with van der Waals surface area (Å²) in [5, 5.41) is 3.72. The molecule has 7 nitrogen and oxygen atoms in total. The van der Waals surface area contributed by atoms with Crippen molar-refractivity contribution in [2.45, 2.75) is 19.4 Å². The van der Waals surface area contributed by atoms with Gasteiger partial charge in [0.05, 0.1) is 0 Å². The monoisotopic (exact) mass is 407 g/mol. The van der Waals surface area contributed by atoms with Crippen molar-refractivity contribution in [1.29, 1.82) is 0 Å². The van der Waals surface area contributed by atoms with E-state index in [9.17, 15) is 9.59 Å². The van der Waals surface area contributed by atoms with Crippen LogP contribution in [0.25, 0.3) is 10.6 Å². The minimum Gasteiger partial charge on any atom is -0.364 e. The molecule has 3 N–H and O–H groups in total. The van der Waals surface area contributed by atoms with E-state index in [0.717, 1.165) is 25.2 Å². The zero-order chi connectivity index (χ0) is 20.2. The molecule has 29 heavy (non-hydrogen) atoms. The van der Waals surface area contributed by atoms with Gasteiger partial charge in [0.1, 0.15) is 10.0 Å². The van der Waals surface area contributed by atoms with Crippen LogP contribution in [0.5, 0.6) is 0 Å². The van der Waals surface area contributed by atoms with Gasteiger partial charge in [0.15, 0.2) is 5.69 Å². The van der Waals surface area contributed by atoms with Crippen LogP contribution in [-0.2, 0) is 6.54 Å². The number of carbonyl (C=O) groups is 2. The maximum Gasteiger partial charge on any atom is 0.270 e. The number of nitrogens with zero attached hydrogens (tertiary/aromatic N) is 3. The van der Waals surface area contributed by atoms with E-state index >= 15 is 0 Å². The van der Waals surface area contributed by atoms with Gasteiger partial charge in [-0.3, -0.25) is 19.5 Å². The van der Waals surface area contributed by atoms with Crippen molar-refractivity contribution in [2.24, 2.45) is 5.73 Å². The maximum atomic E-state index is 12.7. The third-order valence-corrected chi connectivity index (χ3v) is 5.86. The highest BCUT2D eigenvalue weighted by molar-refractivity contribution is 7.19. The van der Waals surface area contributed by atoms with Gasteiger partial charge < -0.3 is 11.1 Å². The molecule has 2 aromatic heterocycles. The second kappa shape index (κ2) is 8.50. The van der Waals surface area contributed by atoms with E-state index in [-0.39, 0.29) is 11.6 Å². The molecule has 1 aromatic carbocycles. The highest BCUT2D eigenvalue weighted by Crippen LogP contribution is 2.32. The minimum atomic E-state index is -0.683. The Morgan fingerprint density at radius 1 is 1.07 bits per heavy atom. The summed E-state index contributed by atoms with van der Waals surface area (Å²) in [6, 6.07) is 11.1. The molecule has 0 unspecified atom stereocenters. The summed E-state index contributed by atoms with van der Waals surface area (Å²) >= 11 is 1.21. The maximum absolute atomic E-state index is 12.7. The Balaban J connectivity index is 1.50. The lowest BCUT2D eigenvalue weighted by Gasteiger charge is -2.14. The summed E-state index contributed by atoms with van der Waals surface area (Å²) in [6.07, 6.45) is 5.78. The zero-order valence-corrected chi connectivity index (χ0v) is 16.6. The number of nitrogens with one attached hydrogen (secondary N) is 1. The molecule has 1 aliphatic heterocycles. The van der Waals surface area contributed by atoms with E-state index in [1.165, 1.54) is 29.7 Å². The Labute approximate surface area is 172 Å². The molecule has 1 fully saturated rings. The fraction of sp³-hybridized carbons (Fsp3) is 0.238. The Morgan fingerprint density at radius 3 is 2.41 bits per heavy atom. The molecule has 1 aliphatic rings. The first-order valence-corrected chi connectivity index (χ1v) is 10.3. The molecule has 3 aromatic rings. The Kier molecular flexibility index (Phi) is 5.64. The first-order chi connectivity index (χ1) is 14.1. The van der Waals surface area contributed by atoms with Crippen LogP contribution in [0.3, 0.4) is 0 Å². The second-order valence-electron chi connectivity index (χ2n) is 6.93.